The Balaban J connectivity index is 1.37. The van der Waals surface area contributed by atoms with Crippen LogP contribution >= 0.6 is 0 Å². The number of piperazine rings is 1. The van der Waals surface area contributed by atoms with Crippen LogP contribution in [0.2, 0.25) is 0 Å². The van der Waals surface area contributed by atoms with E-state index in [4.69, 9.17) is 10.1 Å². The maximum absolute atomic E-state index is 10.2. The maximum Gasteiger partial charge on any atom is 0.164 e. The molecular formula is C30H28N6O. The normalized spacial score (nSPS) is 19.2. The van der Waals surface area contributed by atoms with Gasteiger partial charge in [-0.2, -0.15) is 5.10 Å². The number of rotatable bonds is 4. The maximum atomic E-state index is 10.2. The molecule has 1 N–H and O–H groups in total. The van der Waals surface area contributed by atoms with Crippen molar-refractivity contribution in [2.24, 2.45) is 0 Å². The fourth-order valence-corrected chi connectivity index (χ4v) is 6.08. The van der Waals surface area contributed by atoms with Crippen molar-refractivity contribution in [3.8, 4) is 39.4 Å². The van der Waals surface area contributed by atoms with Crippen LogP contribution < -0.4 is 4.90 Å². The molecule has 5 heterocycles. The number of hydrogen-bond donors (Lipinski definition) is 1. The first-order valence-electron chi connectivity index (χ1n) is 12.7. The van der Waals surface area contributed by atoms with E-state index in [-0.39, 0.29) is 5.75 Å². The summed E-state index contributed by atoms with van der Waals surface area (Å²) in [7, 11) is 2.24. The zero-order valence-electron chi connectivity index (χ0n) is 20.9. The van der Waals surface area contributed by atoms with Crippen LogP contribution in [0.15, 0.2) is 79.3 Å². The number of aromatic hydroxyl groups is 1. The molecule has 5 aromatic rings. The third-order valence-electron chi connectivity index (χ3n) is 7.94. The Morgan fingerprint density at radius 2 is 1.76 bits per heavy atom. The van der Waals surface area contributed by atoms with Crippen LogP contribution in [-0.4, -0.2) is 61.8 Å². The molecule has 2 aliphatic heterocycles. The van der Waals surface area contributed by atoms with Gasteiger partial charge in [0, 0.05) is 60.6 Å². The highest BCUT2D eigenvalue weighted by Gasteiger charge is 2.41. The Morgan fingerprint density at radius 3 is 2.49 bits per heavy atom. The lowest BCUT2D eigenvalue weighted by molar-refractivity contribution is 0.292. The topological polar surface area (TPSA) is 69.8 Å². The summed E-state index contributed by atoms with van der Waals surface area (Å²) in [5, 5.41) is 15.3. The van der Waals surface area contributed by atoms with Crippen molar-refractivity contribution in [2.75, 3.05) is 25.0 Å². The van der Waals surface area contributed by atoms with Crippen LogP contribution in [0.25, 0.3) is 39.3 Å². The van der Waals surface area contributed by atoms with Gasteiger partial charge in [0.05, 0.1) is 11.3 Å². The first-order chi connectivity index (χ1) is 18.1. The van der Waals surface area contributed by atoms with Gasteiger partial charge < -0.3 is 10.0 Å². The number of nitrogens with zero attached hydrogens (tertiary/aromatic N) is 6. The summed E-state index contributed by atoms with van der Waals surface area (Å²) in [6.07, 6.45) is 6.64. The Labute approximate surface area is 215 Å². The van der Waals surface area contributed by atoms with Gasteiger partial charge in [0.1, 0.15) is 11.4 Å². The van der Waals surface area contributed by atoms with Crippen LogP contribution in [0.3, 0.4) is 0 Å². The van der Waals surface area contributed by atoms with Gasteiger partial charge in [0.15, 0.2) is 5.65 Å². The molecule has 0 saturated carbocycles. The molecule has 0 spiro atoms. The molecule has 7 nitrogen and oxygen atoms in total. The number of aryl methyl sites for hydroxylation is 1. The van der Waals surface area contributed by atoms with Crippen molar-refractivity contribution >= 4 is 11.3 Å². The number of aromatic nitrogens is 4. The number of likely N-dealkylation sites (tertiary alicyclic amines) is 1. The van der Waals surface area contributed by atoms with Crippen LogP contribution in [0.1, 0.15) is 12.0 Å². The molecule has 0 aliphatic carbocycles. The fraction of sp³-hybridized carbons (Fsp3) is 0.233. The summed E-state index contributed by atoms with van der Waals surface area (Å²) in [5.74, 6) is 0.210. The number of pyridine rings is 1. The van der Waals surface area contributed by atoms with Crippen molar-refractivity contribution in [1.82, 2.24) is 24.5 Å². The molecule has 2 fully saturated rings. The lowest BCUT2D eigenvalue weighted by Crippen LogP contribution is -2.44. The van der Waals surface area contributed by atoms with Crippen LogP contribution in [-0.2, 0) is 0 Å². The third kappa shape index (κ3) is 3.57. The third-order valence-corrected chi connectivity index (χ3v) is 7.94. The van der Waals surface area contributed by atoms with Crippen LogP contribution in [0.5, 0.6) is 5.75 Å². The number of benzene rings is 2. The summed E-state index contributed by atoms with van der Waals surface area (Å²) >= 11 is 0. The zero-order valence-corrected chi connectivity index (χ0v) is 20.9. The molecule has 2 saturated heterocycles. The van der Waals surface area contributed by atoms with Crippen molar-refractivity contribution in [2.45, 2.75) is 25.4 Å². The minimum Gasteiger partial charge on any atom is -0.508 e. The standard InChI is InChI=1S/C30H28N6O/c1-19-14-22(35-18-23-16-24(35)17-34(23)2)6-7-26(19)27-10-13-32-30-28(21-4-3-5-25(37)15-21)29(33-36(27)30)20-8-11-31-12-9-20/h3-15,23-24,37H,16-18H2,1-2H3/t23-,24-/m1/s1. The van der Waals surface area contributed by atoms with Gasteiger partial charge in [-0.3, -0.25) is 9.88 Å². The quantitative estimate of drug-likeness (QED) is 0.383. The lowest BCUT2D eigenvalue weighted by Gasteiger charge is -2.34. The number of likely N-dealkylation sites (N-methyl/N-ethyl adjacent to an activating group) is 1. The van der Waals surface area contributed by atoms with Gasteiger partial charge in [-0.05, 0) is 74.0 Å². The molecular weight excluding hydrogens is 460 g/mol. The number of phenols is 1. The van der Waals surface area contributed by atoms with Crippen molar-refractivity contribution in [1.29, 1.82) is 0 Å². The average Bonchev–Trinajstić information content (AvgIpc) is 3.61. The van der Waals surface area contributed by atoms with E-state index in [2.05, 4.69) is 47.0 Å². The highest BCUT2D eigenvalue weighted by molar-refractivity contribution is 5.91. The first kappa shape index (κ1) is 22.0. The summed E-state index contributed by atoms with van der Waals surface area (Å²) in [4.78, 5) is 14.0. The number of fused-ring (bicyclic) bond motifs is 3. The molecule has 2 aromatic carbocycles. The molecule has 2 bridgehead atoms. The Hall–Kier alpha value is -4.23. The molecule has 7 rings (SSSR count). The van der Waals surface area contributed by atoms with Gasteiger partial charge in [-0.25, -0.2) is 9.50 Å². The smallest absolute Gasteiger partial charge is 0.164 e. The second-order valence-electron chi connectivity index (χ2n) is 10.2. The number of hydrogen-bond acceptors (Lipinski definition) is 6. The minimum absolute atomic E-state index is 0.210. The van der Waals surface area contributed by atoms with E-state index in [9.17, 15) is 5.11 Å². The molecule has 37 heavy (non-hydrogen) atoms. The van der Waals surface area contributed by atoms with E-state index in [1.807, 2.05) is 41.0 Å². The highest BCUT2D eigenvalue weighted by Crippen LogP contribution is 2.39. The zero-order chi connectivity index (χ0) is 25.1. The molecule has 0 radical (unpaired) electrons. The molecule has 2 aliphatic rings. The lowest BCUT2D eigenvalue weighted by atomic mass is 10.0. The Bertz CT molecular complexity index is 1630. The molecule has 7 heteroatoms. The summed E-state index contributed by atoms with van der Waals surface area (Å²) in [6, 6.07) is 21.2. The highest BCUT2D eigenvalue weighted by atomic mass is 16.3. The monoisotopic (exact) mass is 488 g/mol. The molecule has 0 amide bonds. The minimum atomic E-state index is 0.210. The van der Waals surface area contributed by atoms with Crippen LogP contribution in [0, 0.1) is 6.92 Å². The van der Waals surface area contributed by atoms with Crippen molar-refractivity contribution < 1.29 is 5.11 Å². The number of phenolic OH excluding ortho intramolecular Hbond substituents is 1. The van der Waals surface area contributed by atoms with Crippen molar-refractivity contribution in [3.63, 3.8) is 0 Å². The molecule has 184 valence electrons. The first-order valence-corrected chi connectivity index (χ1v) is 12.7. The molecule has 0 unspecified atom stereocenters. The van der Waals surface area contributed by atoms with Crippen molar-refractivity contribution in [3.05, 3.63) is 84.8 Å². The van der Waals surface area contributed by atoms with E-state index in [1.165, 1.54) is 17.7 Å². The molecule has 3 aromatic heterocycles. The average molecular weight is 489 g/mol. The predicted octanol–water partition coefficient (Wildman–Crippen LogP) is 5.03. The largest absolute Gasteiger partial charge is 0.508 e. The van der Waals surface area contributed by atoms with E-state index in [0.29, 0.717) is 12.1 Å². The fourth-order valence-electron chi connectivity index (χ4n) is 6.08. The van der Waals surface area contributed by atoms with Gasteiger partial charge in [-0.15, -0.1) is 0 Å². The predicted molar refractivity (Wildman–Crippen MR) is 146 cm³/mol. The van der Waals surface area contributed by atoms with E-state index >= 15 is 0 Å². The van der Waals surface area contributed by atoms with E-state index < -0.39 is 0 Å². The Morgan fingerprint density at radius 1 is 0.892 bits per heavy atom. The summed E-state index contributed by atoms with van der Waals surface area (Å²) in [6.45, 7) is 4.41. The Kier molecular flexibility index (Phi) is 5.01. The second kappa shape index (κ2) is 8.42. The summed E-state index contributed by atoms with van der Waals surface area (Å²) in [5.41, 5.74) is 8.88. The number of anilines is 1. The SMILES string of the molecule is Cc1cc(N2C[C@H]3C[C@@H]2CN3C)ccc1-c1ccnc2c(-c3cccc(O)c3)c(-c3ccncc3)nn12. The van der Waals surface area contributed by atoms with Gasteiger partial charge in [0.25, 0.3) is 0 Å². The molecule has 2 atom stereocenters. The van der Waals surface area contributed by atoms with Crippen LogP contribution in [0.4, 0.5) is 5.69 Å². The van der Waals surface area contributed by atoms with Gasteiger partial charge in [0.2, 0.25) is 0 Å². The van der Waals surface area contributed by atoms with E-state index in [0.717, 1.165) is 52.4 Å². The van der Waals surface area contributed by atoms with Gasteiger partial charge in [-0.1, -0.05) is 18.2 Å². The van der Waals surface area contributed by atoms with E-state index in [1.54, 1.807) is 24.5 Å². The summed E-state index contributed by atoms with van der Waals surface area (Å²) < 4.78 is 1.93. The van der Waals surface area contributed by atoms with Gasteiger partial charge >= 0.3 is 0 Å². The second-order valence-corrected chi connectivity index (χ2v) is 10.2.